The first-order valence-corrected chi connectivity index (χ1v) is 7.59. The van der Waals surface area contributed by atoms with Gasteiger partial charge in [-0.15, -0.1) is 11.3 Å². The number of ether oxygens (including phenoxy) is 1. The van der Waals surface area contributed by atoms with E-state index >= 15 is 0 Å². The summed E-state index contributed by atoms with van der Waals surface area (Å²) in [5.41, 5.74) is 2.57. The molecule has 108 valence electrons. The van der Waals surface area contributed by atoms with Gasteiger partial charge in [0.2, 0.25) is 0 Å². The molecule has 0 atom stereocenters. The molecule has 21 heavy (non-hydrogen) atoms. The van der Waals surface area contributed by atoms with Crippen molar-refractivity contribution < 1.29 is 4.74 Å². The van der Waals surface area contributed by atoms with E-state index < -0.39 is 0 Å². The zero-order chi connectivity index (χ0) is 14.8. The Hall–Kier alpha value is -1.60. The number of thiophene rings is 1. The molecule has 3 aromatic rings. The van der Waals surface area contributed by atoms with Gasteiger partial charge in [-0.25, -0.2) is 15.8 Å². The number of hydrogen-bond donors (Lipinski definition) is 2. The summed E-state index contributed by atoms with van der Waals surface area (Å²) in [5, 5.41) is 3.74. The fraction of sp³-hybridized carbons (Fsp3) is 0.0769. The number of benzene rings is 1. The smallest absolute Gasteiger partial charge is 0.169 e. The van der Waals surface area contributed by atoms with Crippen molar-refractivity contribution >= 4 is 50.6 Å². The van der Waals surface area contributed by atoms with Crippen LogP contribution < -0.4 is 16.0 Å². The van der Waals surface area contributed by atoms with Crippen LogP contribution in [0.3, 0.4) is 0 Å². The first-order chi connectivity index (χ1) is 10.2. The number of aromatic nitrogens is 2. The first-order valence-electron chi connectivity index (χ1n) is 5.96. The van der Waals surface area contributed by atoms with Crippen LogP contribution in [0.2, 0.25) is 10.0 Å². The highest BCUT2D eigenvalue weighted by Crippen LogP contribution is 2.27. The summed E-state index contributed by atoms with van der Waals surface area (Å²) >= 11 is 13.3. The van der Waals surface area contributed by atoms with Gasteiger partial charge in [0.05, 0.1) is 15.4 Å². The van der Waals surface area contributed by atoms with Crippen molar-refractivity contribution in [3.8, 4) is 5.75 Å². The van der Waals surface area contributed by atoms with Gasteiger partial charge in [0.25, 0.3) is 0 Å². The van der Waals surface area contributed by atoms with E-state index in [9.17, 15) is 0 Å². The molecule has 8 heteroatoms. The van der Waals surface area contributed by atoms with Gasteiger partial charge in [-0.2, -0.15) is 0 Å². The quantitative estimate of drug-likeness (QED) is 0.557. The number of nitrogen functional groups attached to an aromatic ring is 1. The lowest BCUT2D eigenvalue weighted by atomic mass is 10.3. The van der Waals surface area contributed by atoms with Crippen molar-refractivity contribution in [2.24, 2.45) is 5.84 Å². The number of rotatable bonds is 4. The van der Waals surface area contributed by atoms with Gasteiger partial charge in [0, 0.05) is 6.07 Å². The second-order valence-electron chi connectivity index (χ2n) is 4.14. The third kappa shape index (κ3) is 3.03. The number of hydrogen-bond acceptors (Lipinski definition) is 6. The predicted molar refractivity (Wildman–Crippen MR) is 86.0 cm³/mol. The van der Waals surface area contributed by atoms with E-state index in [1.54, 1.807) is 18.2 Å². The van der Waals surface area contributed by atoms with Gasteiger partial charge in [-0.3, -0.25) is 0 Å². The maximum Gasteiger partial charge on any atom is 0.169 e. The summed E-state index contributed by atoms with van der Waals surface area (Å²) in [7, 11) is 0. The largest absolute Gasteiger partial charge is 0.486 e. The summed E-state index contributed by atoms with van der Waals surface area (Å²) in [6.45, 7) is 0.209. The molecule has 3 rings (SSSR count). The molecule has 0 aliphatic carbocycles. The Morgan fingerprint density at radius 2 is 2.05 bits per heavy atom. The van der Waals surface area contributed by atoms with Gasteiger partial charge < -0.3 is 10.2 Å². The average molecular weight is 341 g/mol. The molecule has 0 spiro atoms. The van der Waals surface area contributed by atoms with Crippen LogP contribution in [0.4, 0.5) is 5.82 Å². The fourth-order valence-corrected chi connectivity index (χ4v) is 2.86. The van der Waals surface area contributed by atoms with Crippen LogP contribution in [0, 0.1) is 0 Å². The lowest BCUT2D eigenvalue weighted by Crippen LogP contribution is -2.11. The van der Waals surface area contributed by atoms with E-state index in [4.69, 9.17) is 33.8 Å². The zero-order valence-electron chi connectivity index (χ0n) is 10.6. The van der Waals surface area contributed by atoms with E-state index in [0.717, 1.165) is 10.2 Å². The van der Waals surface area contributed by atoms with E-state index in [1.165, 1.54) is 11.3 Å². The van der Waals surface area contributed by atoms with Crippen LogP contribution in [0.1, 0.15) is 5.82 Å². The Morgan fingerprint density at radius 1 is 1.19 bits per heavy atom. The van der Waals surface area contributed by atoms with E-state index in [-0.39, 0.29) is 6.61 Å². The molecule has 0 bridgehead atoms. The Balaban J connectivity index is 1.82. The molecule has 0 aliphatic rings. The Bertz CT molecular complexity index is 793. The molecule has 3 N–H and O–H groups in total. The third-order valence-corrected chi connectivity index (χ3v) is 4.31. The maximum atomic E-state index is 5.94. The summed E-state index contributed by atoms with van der Waals surface area (Å²) in [5.74, 6) is 7.19. The van der Waals surface area contributed by atoms with Crippen LogP contribution in [-0.4, -0.2) is 9.97 Å². The number of hydrazine groups is 1. The van der Waals surface area contributed by atoms with Crippen molar-refractivity contribution in [3.05, 3.63) is 45.5 Å². The third-order valence-electron chi connectivity index (χ3n) is 2.77. The van der Waals surface area contributed by atoms with Crippen molar-refractivity contribution in [3.63, 3.8) is 0 Å². The highest BCUT2D eigenvalue weighted by Gasteiger charge is 2.09. The van der Waals surface area contributed by atoms with Crippen LogP contribution in [0.5, 0.6) is 5.75 Å². The fourth-order valence-electron chi connectivity index (χ4n) is 1.79. The van der Waals surface area contributed by atoms with Crippen LogP contribution in [0.15, 0.2) is 29.6 Å². The minimum atomic E-state index is 0.209. The molecule has 0 saturated heterocycles. The van der Waals surface area contributed by atoms with Gasteiger partial charge in [0.15, 0.2) is 11.6 Å². The van der Waals surface area contributed by atoms with Crippen molar-refractivity contribution in [2.45, 2.75) is 6.61 Å². The van der Waals surface area contributed by atoms with Crippen molar-refractivity contribution in [1.82, 2.24) is 9.97 Å². The van der Waals surface area contributed by atoms with Crippen LogP contribution in [0.25, 0.3) is 10.2 Å². The normalized spacial score (nSPS) is 10.8. The molecule has 0 saturated carbocycles. The lowest BCUT2D eigenvalue weighted by molar-refractivity contribution is 0.296. The minimum Gasteiger partial charge on any atom is -0.486 e. The monoisotopic (exact) mass is 340 g/mol. The minimum absolute atomic E-state index is 0.209. The lowest BCUT2D eigenvalue weighted by Gasteiger charge is -2.08. The van der Waals surface area contributed by atoms with Crippen molar-refractivity contribution in [2.75, 3.05) is 5.43 Å². The number of halogens is 2. The van der Waals surface area contributed by atoms with Gasteiger partial charge >= 0.3 is 0 Å². The van der Waals surface area contributed by atoms with Crippen LogP contribution >= 0.6 is 34.5 Å². The highest BCUT2D eigenvalue weighted by atomic mass is 35.5. The number of anilines is 1. The first kappa shape index (κ1) is 14.3. The highest BCUT2D eigenvalue weighted by molar-refractivity contribution is 7.16. The summed E-state index contributed by atoms with van der Waals surface area (Å²) in [6, 6.07) is 6.98. The Labute approximate surface area is 134 Å². The van der Waals surface area contributed by atoms with Gasteiger partial charge in [0.1, 0.15) is 17.2 Å². The Kier molecular flexibility index (Phi) is 4.12. The molecule has 0 aliphatic heterocycles. The predicted octanol–water partition coefficient (Wildman–Crippen LogP) is 3.86. The average Bonchev–Trinajstić information content (AvgIpc) is 2.96. The van der Waals surface area contributed by atoms with Gasteiger partial charge in [-0.05, 0) is 23.6 Å². The molecule has 0 radical (unpaired) electrons. The summed E-state index contributed by atoms with van der Waals surface area (Å²) < 4.78 is 5.62. The molecular weight excluding hydrogens is 331 g/mol. The molecule has 1 aromatic carbocycles. The molecular formula is C13H10Cl2N4OS. The van der Waals surface area contributed by atoms with Crippen molar-refractivity contribution in [1.29, 1.82) is 0 Å². The maximum absolute atomic E-state index is 5.94. The molecule has 0 unspecified atom stereocenters. The Morgan fingerprint density at radius 3 is 2.81 bits per heavy atom. The molecule has 2 aromatic heterocycles. The van der Waals surface area contributed by atoms with E-state index in [1.807, 2.05) is 11.4 Å². The molecule has 2 heterocycles. The van der Waals surface area contributed by atoms with E-state index in [2.05, 4.69) is 15.4 Å². The molecule has 5 nitrogen and oxygen atoms in total. The molecule has 0 fully saturated rings. The SMILES string of the molecule is NNc1nc(COc2ccc(Cl)c(Cl)c2)nc2sccc12. The number of nitrogens with zero attached hydrogens (tertiary/aromatic N) is 2. The van der Waals surface area contributed by atoms with Gasteiger partial charge in [-0.1, -0.05) is 23.2 Å². The summed E-state index contributed by atoms with van der Waals surface area (Å²) in [6.07, 6.45) is 0. The topological polar surface area (TPSA) is 73.1 Å². The van der Waals surface area contributed by atoms with E-state index in [0.29, 0.717) is 27.4 Å². The number of nitrogens with two attached hydrogens (primary N) is 1. The second-order valence-corrected chi connectivity index (χ2v) is 5.85. The summed E-state index contributed by atoms with van der Waals surface area (Å²) in [4.78, 5) is 9.60. The second kappa shape index (κ2) is 6.03. The number of fused-ring (bicyclic) bond motifs is 1. The number of nitrogens with one attached hydrogen (secondary N) is 1. The zero-order valence-corrected chi connectivity index (χ0v) is 13.0. The standard InChI is InChI=1S/C13H10Cl2N4OS/c14-9-2-1-7(5-10(9)15)20-6-11-17-12(19-16)8-3-4-21-13(8)18-11/h1-5H,6,16H2,(H,17,18,19). The molecule has 0 amide bonds. The van der Waals surface area contributed by atoms with Crippen LogP contribution in [-0.2, 0) is 6.61 Å².